The highest BCUT2D eigenvalue weighted by molar-refractivity contribution is 6.31. The van der Waals surface area contributed by atoms with E-state index in [2.05, 4.69) is 34.6 Å². The SMILES string of the molecule is CNC(c1ccc(C)c(Cl)c1)C1CCc2cccnc21. The number of aryl methyl sites for hydroxylation is 2. The van der Waals surface area contributed by atoms with Crippen LogP contribution in [0.25, 0.3) is 0 Å². The van der Waals surface area contributed by atoms with Crippen molar-refractivity contribution in [1.82, 2.24) is 10.3 Å². The fraction of sp³-hybridized carbons (Fsp3) is 0.353. The van der Waals surface area contributed by atoms with E-state index in [-0.39, 0.29) is 6.04 Å². The van der Waals surface area contributed by atoms with Crippen LogP contribution in [0.2, 0.25) is 5.02 Å². The van der Waals surface area contributed by atoms with Gasteiger partial charge in [-0.3, -0.25) is 4.98 Å². The van der Waals surface area contributed by atoms with Crippen LogP contribution < -0.4 is 5.32 Å². The van der Waals surface area contributed by atoms with Crippen molar-refractivity contribution in [3.8, 4) is 0 Å². The minimum Gasteiger partial charge on any atom is -0.312 e. The standard InChI is InChI=1S/C17H19ClN2/c1-11-5-6-13(10-15(11)18)16(19-2)14-8-7-12-4-3-9-20-17(12)14/h3-6,9-10,14,16,19H,7-8H2,1-2H3. The molecule has 0 saturated carbocycles. The molecule has 2 unspecified atom stereocenters. The third-order valence-electron chi connectivity index (χ3n) is 4.27. The largest absolute Gasteiger partial charge is 0.312 e. The Bertz CT molecular complexity index is 624. The summed E-state index contributed by atoms with van der Waals surface area (Å²) in [6, 6.07) is 10.8. The van der Waals surface area contributed by atoms with Crippen LogP contribution in [0.3, 0.4) is 0 Å². The highest BCUT2D eigenvalue weighted by Crippen LogP contribution is 2.40. The number of nitrogens with one attached hydrogen (secondary N) is 1. The number of aromatic nitrogens is 1. The number of fused-ring (bicyclic) bond motifs is 1. The van der Waals surface area contributed by atoms with E-state index in [0.717, 1.165) is 23.4 Å². The monoisotopic (exact) mass is 286 g/mol. The second-order valence-corrected chi connectivity index (χ2v) is 5.88. The molecule has 0 radical (unpaired) electrons. The molecule has 2 atom stereocenters. The zero-order valence-corrected chi connectivity index (χ0v) is 12.6. The Morgan fingerprint density at radius 2 is 2.20 bits per heavy atom. The van der Waals surface area contributed by atoms with E-state index in [1.807, 2.05) is 26.2 Å². The summed E-state index contributed by atoms with van der Waals surface area (Å²) in [6.07, 6.45) is 4.15. The second-order valence-electron chi connectivity index (χ2n) is 5.47. The molecular weight excluding hydrogens is 268 g/mol. The number of likely N-dealkylation sites (N-methyl/N-ethyl adjacent to an activating group) is 1. The number of rotatable bonds is 3. The Morgan fingerprint density at radius 1 is 1.35 bits per heavy atom. The normalized spacial score (nSPS) is 18.9. The molecule has 0 aliphatic heterocycles. The summed E-state index contributed by atoms with van der Waals surface area (Å²) < 4.78 is 0. The first-order valence-corrected chi connectivity index (χ1v) is 7.45. The Morgan fingerprint density at radius 3 is 2.95 bits per heavy atom. The van der Waals surface area contributed by atoms with E-state index < -0.39 is 0 Å². The van der Waals surface area contributed by atoms with Gasteiger partial charge in [-0.1, -0.05) is 29.8 Å². The minimum atomic E-state index is 0.268. The van der Waals surface area contributed by atoms with Crippen molar-refractivity contribution in [2.24, 2.45) is 0 Å². The van der Waals surface area contributed by atoms with Gasteiger partial charge in [0.05, 0.1) is 0 Å². The van der Waals surface area contributed by atoms with Crippen molar-refractivity contribution in [3.63, 3.8) is 0 Å². The molecule has 2 nitrogen and oxygen atoms in total. The van der Waals surface area contributed by atoms with Crippen LogP contribution >= 0.6 is 11.6 Å². The first-order valence-electron chi connectivity index (χ1n) is 7.08. The van der Waals surface area contributed by atoms with Crippen LogP contribution in [-0.4, -0.2) is 12.0 Å². The first kappa shape index (κ1) is 13.6. The van der Waals surface area contributed by atoms with Gasteiger partial charge in [0.15, 0.2) is 0 Å². The molecule has 3 rings (SSSR count). The lowest BCUT2D eigenvalue weighted by atomic mass is 9.90. The van der Waals surface area contributed by atoms with Gasteiger partial charge in [-0.2, -0.15) is 0 Å². The second kappa shape index (κ2) is 5.55. The molecule has 1 aliphatic rings. The molecule has 1 heterocycles. The molecule has 0 amide bonds. The summed E-state index contributed by atoms with van der Waals surface area (Å²) in [5.74, 6) is 0.426. The Kier molecular flexibility index (Phi) is 3.77. The third kappa shape index (κ3) is 2.34. The van der Waals surface area contributed by atoms with Gasteiger partial charge in [-0.05, 0) is 55.6 Å². The van der Waals surface area contributed by atoms with Crippen molar-refractivity contribution in [2.45, 2.75) is 31.7 Å². The van der Waals surface area contributed by atoms with Crippen LogP contribution in [0, 0.1) is 6.92 Å². The summed E-state index contributed by atoms with van der Waals surface area (Å²) in [6.45, 7) is 2.03. The van der Waals surface area contributed by atoms with Crippen molar-refractivity contribution in [3.05, 3.63) is 63.9 Å². The Balaban J connectivity index is 1.97. The first-order chi connectivity index (χ1) is 9.70. The Labute approximate surface area is 125 Å². The fourth-order valence-electron chi connectivity index (χ4n) is 3.17. The number of benzene rings is 1. The van der Waals surface area contributed by atoms with Gasteiger partial charge >= 0.3 is 0 Å². The van der Waals surface area contributed by atoms with Gasteiger partial charge in [-0.15, -0.1) is 0 Å². The quantitative estimate of drug-likeness (QED) is 0.921. The average molecular weight is 287 g/mol. The van der Waals surface area contributed by atoms with Crippen LogP contribution in [0.5, 0.6) is 0 Å². The zero-order valence-electron chi connectivity index (χ0n) is 11.9. The lowest BCUT2D eigenvalue weighted by Gasteiger charge is -2.24. The molecule has 0 bridgehead atoms. The highest BCUT2D eigenvalue weighted by atomic mass is 35.5. The molecule has 104 valence electrons. The van der Waals surface area contributed by atoms with Gasteiger partial charge in [0.1, 0.15) is 0 Å². The van der Waals surface area contributed by atoms with Crippen LogP contribution in [0.15, 0.2) is 36.5 Å². The van der Waals surface area contributed by atoms with Crippen LogP contribution in [-0.2, 0) is 6.42 Å². The average Bonchev–Trinajstić information content (AvgIpc) is 2.88. The zero-order chi connectivity index (χ0) is 14.1. The lowest BCUT2D eigenvalue weighted by molar-refractivity contribution is 0.470. The number of nitrogens with zero attached hydrogens (tertiary/aromatic N) is 1. The van der Waals surface area contributed by atoms with Gasteiger partial charge in [-0.25, -0.2) is 0 Å². The van der Waals surface area contributed by atoms with Crippen molar-refractivity contribution >= 4 is 11.6 Å². The van der Waals surface area contributed by atoms with Crippen LogP contribution in [0.1, 0.15) is 40.8 Å². The summed E-state index contributed by atoms with van der Waals surface area (Å²) >= 11 is 6.28. The molecule has 0 spiro atoms. The number of hydrogen-bond acceptors (Lipinski definition) is 2. The molecule has 0 saturated heterocycles. The molecule has 1 aromatic carbocycles. The summed E-state index contributed by atoms with van der Waals surface area (Å²) in [4.78, 5) is 4.60. The Hall–Kier alpha value is -1.38. The maximum Gasteiger partial charge on any atom is 0.0485 e. The maximum atomic E-state index is 6.28. The summed E-state index contributed by atoms with van der Waals surface area (Å²) in [5.41, 5.74) is 4.99. The molecule has 3 heteroatoms. The summed E-state index contributed by atoms with van der Waals surface area (Å²) in [7, 11) is 2.01. The van der Waals surface area contributed by atoms with E-state index in [1.54, 1.807) is 0 Å². The van der Waals surface area contributed by atoms with Crippen molar-refractivity contribution < 1.29 is 0 Å². The lowest BCUT2D eigenvalue weighted by Crippen LogP contribution is -2.23. The van der Waals surface area contributed by atoms with Gasteiger partial charge in [0.2, 0.25) is 0 Å². The molecule has 1 N–H and O–H groups in total. The summed E-state index contributed by atoms with van der Waals surface area (Å²) in [5, 5.41) is 4.28. The fourth-order valence-corrected chi connectivity index (χ4v) is 3.36. The van der Waals surface area contributed by atoms with Gasteiger partial charge < -0.3 is 5.32 Å². The molecule has 1 aliphatic carbocycles. The van der Waals surface area contributed by atoms with Crippen LogP contribution in [0.4, 0.5) is 0 Å². The van der Waals surface area contributed by atoms with Gasteiger partial charge in [0, 0.05) is 28.9 Å². The van der Waals surface area contributed by atoms with E-state index in [9.17, 15) is 0 Å². The predicted molar refractivity (Wildman–Crippen MR) is 83.3 cm³/mol. The molecule has 2 aromatic rings. The number of pyridine rings is 1. The number of hydrogen-bond donors (Lipinski definition) is 1. The van der Waals surface area contributed by atoms with Crippen molar-refractivity contribution in [1.29, 1.82) is 0 Å². The number of halogens is 1. The maximum absolute atomic E-state index is 6.28. The highest BCUT2D eigenvalue weighted by Gasteiger charge is 2.31. The minimum absolute atomic E-state index is 0.268. The third-order valence-corrected chi connectivity index (χ3v) is 4.68. The van der Waals surface area contributed by atoms with E-state index in [4.69, 9.17) is 11.6 Å². The van der Waals surface area contributed by atoms with E-state index >= 15 is 0 Å². The molecule has 0 fully saturated rings. The van der Waals surface area contributed by atoms with E-state index in [0.29, 0.717) is 5.92 Å². The van der Waals surface area contributed by atoms with Gasteiger partial charge in [0.25, 0.3) is 0 Å². The predicted octanol–water partition coefficient (Wildman–Crippen LogP) is 4.03. The smallest absolute Gasteiger partial charge is 0.0485 e. The topological polar surface area (TPSA) is 24.9 Å². The van der Waals surface area contributed by atoms with Crippen molar-refractivity contribution in [2.75, 3.05) is 7.05 Å². The molecule has 1 aromatic heterocycles. The molecular formula is C17H19ClN2. The van der Waals surface area contributed by atoms with E-state index in [1.165, 1.54) is 16.8 Å². The molecule has 20 heavy (non-hydrogen) atoms.